The summed E-state index contributed by atoms with van der Waals surface area (Å²) in [7, 11) is 1.73. The molecule has 0 bridgehead atoms. The lowest BCUT2D eigenvalue weighted by Crippen LogP contribution is -2.17. The van der Waals surface area contributed by atoms with E-state index in [4.69, 9.17) is 0 Å². The molecule has 0 radical (unpaired) electrons. The number of aryl methyl sites for hydroxylation is 1. The maximum Gasteiger partial charge on any atom is 0.333 e. The first-order chi connectivity index (χ1) is 9.40. The van der Waals surface area contributed by atoms with Crippen molar-refractivity contribution >= 4 is 27.4 Å². The summed E-state index contributed by atoms with van der Waals surface area (Å²) >= 11 is 2.96. The van der Waals surface area contributed by atoms with Gasteiger partial charge >= 0.3 is 5.69 Å². The third-order valence-electron chi connectivity index (χ3n) is 2.77. The molecule has 0 saturated carbocycles. The fourth-order valence-corrected chi connectivity index (χ4v) is 2.26. The molecule has 2 aromatic heterocycles. The van der Waals surface area contributed by atoms with Crippen LogP contribution in [-0.2, 0) is 13.6 Å². The smallest absolute Gasteiger partial charge is 0.333 e. The van der Waals surface area contributed by atoms with Crippen LogP contribution in [0.2, 0.25) is 0 Å². The number of Topliss-reactive ketones (excluding diaryl/α,β-unsaturated/α-hetero) is 1. The van der Waals surface area contributed by atoms with Gasteiger partial charge in [-0.3, -0.25) is 19.7 Å². The largest absolute Gasteiger partial charge is 0.348 e. The van der Waals surface area contributed by atoms with Crippen LogP contribution in [-0.4, -0.2) is 19.8 Å². The molecule has 0 aromatic carbocycles. The van der Waals surface area contributed by atoms with Gasteiger partial charge in [0.1, 0.15) is 0 Å². The Kier molecular flexibility index (Phi) is 3.84. The fourth-order valence-electron chi connectivity index (χ4n) is 1.80. The molecule has 2 aromatic rings. The van der Waals surface area contributed by atoms with Gasteiger partial charge in [-0.1, -0.05) is 0 Å². The van der Waals surface area contributed by atoms with E-state index in [1.54, 1.807) is 29.9 Å². The second kappa shape index (κ2) is 5.41. The molecule has 7 nitrogen and oxygen atoms in total. The Morgan fingerprint density at radius 1 is 1.45 bits per heavy atom. The van der Waals surface area contributed by atoms with Crippen LogP contribution in [0.15, 0.2) is 40.0 Å². The van der Waals surface area contributed by atoms with Crippen LogP contribution in [0.3, 0.4) is 0 Å². The van der Waals surface area contributed by atoms with Crippen molar-refractivity contribution in [1.29, 1.82) is 0 Å². The number of hydrogen-bond donors (Lipinski definition) is 0. The number of ketones is 1. The van der Waals surface area contributed by atoms with Gasteiger partial charge in [0.25, 0.3) is 5.43 Å². The van der Waals surface area contributed by atoms with Crippen LogP contribution in [0.1, 0.15) is 10.5 Å². The van der Waals surface area contributed by atoms with Crippen LogP contribution in [0.5, 0.6) is 0 Å². The van der Waals surface area contributed by atoms with Crippen molar-refractivity contribution < 1.29 is 9.72 Å². The van der Waals surface area contributed by atoms with E-state index < -0.39 is 16.0 Å². The van der Waals surface area contributed by atoms with Crippen LogP contribution in [0.25, 0.3) is 0 Å². The van der Waals surface area contributed by atoms with E-state index in [9.17, 15) is 19.7 Å². The van der Waals surface area contributed by atoms with Gasteiger partial charge in [0.2, 0.25) is 0 Å². The average molecular weight is 340 g/mol. The van der Waals surface area contributed by atoms with Crippen molar-refractivity contribution in [1.82, 2.24) is 9.13 Å². The number of halogens is 1. The standard InChI is InChI=1S/C12H10BrN3O4/c1-14-4-2-3-9(14)11(17)7-15-5-8(13)12(18)10(6-15)16(19)20/h2-6H,7H2,1H3. The van der Waals surface area contributed by atoms with E-state index in [0.29, 0.717) is 5.69 Å². The molecule has 0 unspecified atom stereocenters. The number of hydrogen-bond acceptors (Lipinski definition) is 4. The van der Waals surface area contributed by atoms with Crippen LogP contribution in [0.4, 0.5) is 5.69 Å². The number of nitrogens with zero attached hydrogens (tertiary/aromatic N) is 3. The molecular formula is C12H10BrN3O4. The summed E-state index contributed by atoms with van der Waals surface area (Å²) in [6.07, 6.45) is 4.15. The molecule has 0 atom stereocenters. The number of carbonyl (C=O) groups is 1. The zero-order valence-corrected chi connectivity index (χ0v) is 12.0. The molecule has 0 aliphatic rings. The minimum absolute atomic E-state index is 0.0476. The number of pyridine rings is 1. The molecule has 0 amide bonds. The Morgan fingerprint density at radius 3 is 2.70 bits per heavy atom. The lowest BCUT2D eigenvalue weighted by atomic mass is 10.2. The van der Waals surface area contributed by atoms with Crippen molar-refractivity contribution in [2.75, 3.05) is 0 Å². The van der Waals surface area contributed by atoms with Crippen molar-refractivity contribution in [3.63, 3.8) is 0 Å². The molecular weight excluding hydrogens is 330 g/mol. The van der Waals surface area contributed by atoms with Gasteiger partial charge < -0.3 is 9.13 Å². The van der Waals surface area contributed by atoms with E-state index in [0.717, 1.165) is 6.20 Å². The first-order valence-corrected chi connectivity index (χ1v) is 6.38. The van der Waals surface area contributed by atoms with Crippen molar-refractivity contribution in [2.24, 2.45) is 7.05 Å². The molecule has 0 N–H and O–H groups in total. The normalized spacial score (nSPS) is 10.5. The van der Waals surface area contributed by atoms with Gasteiger partial charge in [0.05, 0.1) is 27.8 Å². The van der Waals surface area contributed by atoms with Crippen molar-refractivity contribution in [2.45, 2.75) is 6.54 Å². The van der Waals surface area contributed by atoms with Crippen LogP contribution in [0, 0.1) is 10.1 Å². The first kappa shape index (κ1) is 14.2. The van der Waals surface area contributed by atoms with E-state index >= 15 is 0 Å². The lowest BCUT2D eigenvalue weighted by molar-refractivity contribution is -0.386. The summed E-state index contributed by atoms with van der Waals surface area (Å²) in [5.74, 6) is -0.206. The fraction of sp³-hybridized carbons (Fsp3) is 0.167. The molecule has 104 valence electrons. The molecule has 0 aliphatic heterocycles. The van der Waals surface area contributed by atoms with Crippen molar-refractivity contribution in [3.05, 3.63) is 61.2 Å². The SMILES string of the molecule is Cn1cccc1C(=O)Cn1cc(Br)c(=O)c([N+](=O)[O-])c1. The summed E-state index contributed by atoms with van der Waals surface area (Å²) in [5.41, 5.74) is -0.793. The van der Waals surface area contributed by atoms with Gasteiger partial charge in [0.15, 0.2) is 5.78 Å². The molecule has 20 heavy (non-hydrogen) atoms. The highest BCUT2D eigenvalue weighted by atomic mass is 79.9. The topological polar surface area (TPSA) is 87.1 Å². The molecule has 0 spiro atoms. The Bertz CT molecular complexity index is 747. The first-order valence-electron chi connectivity index (χ1n) is 5.58. The second-order valence-electron chi connectivity index (χ2n) is 4.18. The number of rotatable bonds is 4. The highest BCUT2D eigenvalue weighted by Gasteiger charge is 2.17. The van der Waals surface area contributed by atoms with Gasteiger partial charge in [-0.2, -0.15) is 0 Å². The minimum atomic E-state index is -0.767. The Morgan fingerprint density at radius 2 is 2.15 bits per heavy atom. The highest BCUT2D eigenvalue weighted by Crippen LogP contribution is 2.12. The number of carbonyl (C=O) groups excluding carboxylic acids is 1. The Labute approximate surface area is 121 Å². The highest BCUT2D eigenvalue weighted by molar-refractivity contribution is 9.10. The average Bonchev–Trinajstić information content (AvgIpc) is 2.79. The predicted molar refractivity (Wildman–Crippen MR) is 74.8 cm³/mol. The summed E-state index contributed by atoms with van der Waals surface area (Å²) in [4.78, 5) is 33.6. The zero-order chi connectivity index (χ0) is 14.9. The summed E-state index contributed by atoms with van der Waals surface area (Å²) in [6, 6.07) is 3.39. The second-order valence-corrected chi connectivity index (χ2v) is 5.03. The number of nitro groups is 1. The lowest BCUT2D eigenvalue weighted by Gasteiger charge is -2.07. The van der Waals surface area contributed by atoms with E-state index in [1.165, 1.54) is 10.8 Å². The molecule has 0 saturated heterocycles. The molecule has 8 heteroatoms. The monoisotopic (exact) mass is 339 g/mol. The van der Waals surface area contributed by atoms with Gasteiger partial charge in [-0.25, -0.2) is 0 Å². The van der Waals surface area contributed by atoms with Crippen LogP contribution >= 0.6 is 15.9 Å². The Balaban J connectivity index is 2.35. The predicted octanol–water partition coefficient (Wildman–Crippen LogP) is 1.74. The minimum Gasteiger partial charge on any atom is -0.348 e. The third-order valence-corrected chi connectivity index (χ3v) is 3.33. The van der Waals surface area contributed by atoms with Crippen molar-refractivity contribution in [3.8, 4) is 0 Å². The van der Waals surface area contributed by atoms with Gasteiger partial charge in [-0.15, -0.1) is 0 Å². The third kappa shape index (κ3) is 2.69. The summed E-state index contributed by atoms with van der Waals surface area (Å²) in [5, 5.41) is 10.8. The molecule has 0 aliphatic carbocycles. The number of aromatic nitrogens is 2. The van der Waals surface area contributed by atoms with Gasteiger partial charge in [-0.05, 0) is 28.1 Å². The summed E-state index contributed by atoms with van der Waals surface area (Å²) < 4.78 is 3.03. The molecule has 0 fully saturated rings. The molecule has 2 heterocycles. The van der Waals surface area contributed by atoms with E-state index in [-0.39, 0.29) is 16.8 Å². The van der Waals surface area contributed by atoms with Gasteiger partial charge in [0, 0.05) is 19.4 Å². The molecule has 2 rings (SSSR count). The maximum absolute atomic E-state index is 12.1. The summed E-state index contributed by atoms with van der Waals surface area (Å²) in [6.45, 7) is -0.0857. The quantitative estimate of drug-likeness (QED) is 0.482. The van der Waals surface area contributed by atoms with E-state index in [1.807, 2.05) is 0 Å². The zero-order valence-electron chi connectivity index (χ0n) is 10.4. The van der Waals surface area contributed by atoms with E-state index in [2.05, 4.69) is 15.9 Å². The van der Waals surface area contributed by atoms with Crippen LogP contribution < -0.4 is 5.43 Å². The Hall–Kier alpha value is -2.22. The maximum atomic E-state index is 12.1.